The van der Waals surface area contributed by atoms with Gasteiger partial charge in [-0.3, -0.25) is 0 Å². The van der Waals surface area contributed by atoms with E-state index in [0.29, 0.717) is 6.54 Å². The number of hydrogen-bond acceptors (Lipinski definition) is 3. The van der Waals surface area contributed by atoms with Gasteiger partial charge in [0.25, 0.3) is 0 Å². The molecule has 0 amide bonds. The first-order valence-corrected chi connectivity index (χ1v) is 9.94. The predicted octanol–water partition coefficient (Wildman–Crippen LogP) is 4.23. The van der Waals surface area contributed by atoms with E-state index in [2.05, 4.69) is 57.3 Å². The van der Waals surface area contributed by atoms with Gasteiger partial charge in [0, 0.05) is 28.6 Å². The first kappa shape index (κ1) is 15.4. The number of aliphatic hydroxyl groups excluding tert-OH is 1. The van der Waals surface area contributed by atoms with Crippen LogP contribution in [0.2, 0.25) is 0 Å². The highest BCUT2D eigenvalue weighted by atomic mass is 79.9. The number of aromatic nitrogens is 2. The summed E-state index contributed by atoms with van der Waals surface area (Å²) in [7, 11) is 0. The van der Waals surface area contributed by atoms with Crippen LogP contribution in [0.5, 0.6) is 0 Å². The molecule has 1 unspecified atom stereocenters. The molecule has 4 rings (SSSR count). The summed E-state index contributed by atoms with van der Waals surface area (Å²) in [6.07, 6.45) is 3.85. The van der Waals surface area contributed by atoms with Crippen molar-refractivity contribution in [3.8, 4) is 0 Å². The molecule has 1 saturated heterocycles. The summed E-state index contributed by atoms with van der Waals surface area (Å²) in [6.45, 7) is 2.64. The molecule has 1 aromatic carbocycles. The summed E-state index contributed by atoms with van der Waals surface area (Å²) < 4.78 is 5.48. The van der Waals surface area contributed by atoms with Gasteiger partial charge in [-0.15, -0.1) is 0 Å². The number of benzene rings is 1. The molecule has 3 heterocycles. The number of anilines is 1. The number of imidazole rings is 1. The Morgan fingerprint density at radius 2 is 1.86 bits per heavy atom. The largest absolute Gasteiger partial charge is 0.391 e. The zero-order valence-electron chi connectivity index (χ0n) is 11.9. The summed E-state index contributed by atoms with van der Waals surface area (Å²) >= 11 is 11.1. The van der Waals surface area contributed by atoms with Crippen LogP contribution in [0.4, 0.5) is 5.95 Å². The van der Waals surface area contributed by atoms with Gasteiger partial charge in [0.1, 0.15) is 5.52 Å². The van der Waals surface area contributed by atoms with E-state index in [0.717, 1.165) is 63.7 Å². The van der Waals surface area contributed by atoms with Crippen molar-refractivity contribution in [1.29, 1.82) is 0 Å². The predicted molar refractivity (Wildman–Crippen MR) is 98.6 cm³/mol. The van der Waals surface area contributed by atoms with E-state index in [4.69, 9.17) is 4.98 Å². The summed E-state index contributed by atoms with van der Waals surface area (Å²) in [4.78, 5) is 7.16. The van der Waals surface area contributed by atoms with E-state index in [1.165, 1.54) is 11.1 Å². The van der Waals surface area contributed by atoms with Crippen LogP contribution < -0.4 is 4.90 Å². The van der Waals surface area contributed by atoms with E-state index in [9.17, 15) is 5.11 Å². The van der Waals surface area contributed by atoms with Crippen LogP contribution in [0.1, 0.15) is 24.8 Å². The molecule has 118 valence electrons. The number of β-amino-alcohol motifs (C(OH)–C–C–N with tert-alkyl or cyclic N) is 1. The molecule has 1 atom stereocenters. The van der Waals surface area contributed by atoms with E-state index in [1.54, 1.807) is 0 Å². The number of halogens is 3. The van der Waals surface area contributed by atoms with Gasteiger partial charge >= 0.3 is 0 Å². The molecule has 1 N–H and O–H groups in total. The zero-order chi connectivity index (χ0) is 15.4. The Morgan fingerprint density at radius 3 is 2.64 bits per heavy atom. The highest BCUT2D eigenvalue weighted by molar-refractivity contribution is 9.14. The Hall–Kier alpha value is -0.110. The fraction of sp³-hybridized carbons (Fsp3) is 0.533. The molecule has 22 heavy (non-hydrogen) atoms. The molecule has 4 nitrogen and oxygen atoms in total. The third kappa shape index (κ3) is 2.27. The van der Waals surface area contributed by atoms with Crippen LogP contribution in [0.3, 0.4) is 0 Å². The van der Waals surface area contributed by atoms with Crippen molar-refractivity contribution in [3.05, 3.63) is 19.0 Å². The number of nitrogens with zero attached hydrogens (tertiary/aromatic N) is 3. The lowest BCUT2D eigenvalue weighted by atomic mass is 10.0. The molecule has 2 aliphatic heterocycles. The Kier molecular flexibility index (Phi) is 4.03. The van der Waals surface area contributed by atoms with E-state index in [1.807, 2.05) is 0 Å². The molecule has 1 fully saturated rings. The monoisotopic (exact) mass is 491 g/mol. The highest BCUT2D eigenvalue weighted by Gasteiger charge is 2.28. The van der Waals surface area contributed by atoms with Crippen molar-refractivity contribution < 1.29 is 5.11 Å². The summed E-state index contributed by atoms with van der Waals surface area (Å²) in [5, 5.41) is 9.99. The SMILES string of the molecule is OC1CCCN(c2nc3c(Br)c(Br)c(Br)c4c3n2CCC4)C1. The van der Waals surface area contributed by atoms with Crippen LogP contribution in [-0.2, 0) is 13.0 Å². The second-order valence-corrected chi connectivity index (χ2v) is 8.41. The Morgan fingerprint density at radius 1 is 1.05 bits per heavy atom. The summed E-state index contributed by atoms with van der Waals surface area (Å²) in [6, 6.07) is 0. The lowest BCUT2D eigenvalue weighted by molar-refractivity contribution is 0.153. The first-order chi connectivity index (χ1) is 10.6. The first-order valence-electron chi connectivity index (χ1n) is 7.56. The summed E-state index contributed by atoms with van der Waals surface area (Å²) in [5.74, 6) is 1.00. The fourth-order valence-electron chi connectivity index (χ4n) is 3.57. The minimum Gasteiger partial charge on any atom is -0.391 e. The van der Waals surface area contributed by atoms with Crippen molar-refractivity contribution in [2.75, 3.05) is 18.0 Å². The van der Waals surface area contributed by atoms with Gasteiger partial charge in [-0.05, 0) is 79.0 Å². The van der Waals surface area contributed by atoms with Crippen molar-refractivity contribution in [1.82, 2.24) is 9.55 Å². The molecule has 7 heteroatoms. The minimum atomic E-state index is -0.244. The molecule has 0 spiro atoms. The van der Waals surface area contributed by atoms with Gasteiger partial charge < -0.3 is 14.6 Å². The van der Waals surface area contributed by atoms with Crippen molar-refractivity contribution in [3.63, 3.8) is 0 Å². The topological polar surface area (TPSA) is 41.3 Å². The standard InChI is InChI=1S/C15H16Br3N3O/c16-10-9-4-2-6-21-14(9)13(12(18)11(10)17)19-15(21)20-5-1-3-8(22)7-20/h8,22H,1-7H2. The molecule has 2 aromatic rings. The second kappa shape index (κ2) is 5.76. The molecule has 1 aromatic heterocycles. The minimum absolute atomic E-state index is 0.244. The lowest BCUT2D eigenvalue weighted by Gasteiger charge is -2.32. The van der Waals surface area contributed by atoms with Crippen molar-refractivity contribution in [2.24, 2.45) is 0 Å². The van der Waals surface area contributed by atoms with Gasteiger partial charge in [0.05, 0.1) is 16.1 Å². The van der Waals surface area contributed by atoms with Gasteiger partial charge in [-0.2, -0.15) is 0 Å². The van der Waals surface area contributed by atoms with E-state index < -0.39 is 0 Å². The Labute approximate surface area is 154 Å². The molecule has 0 radical (unpaired) electrons. The average Bonchev–Trinajstić information content (AvgIpc) is 2.91. The normalized spacial score (nSPS) is 21.6. The number of piperidine rings is 1. The maximum Gasteiger partial charge on any atom is 0.206 e. The van der Waals surface area contributed by atoms with E-state index in [-0.39, 0.29) is 6.10 Å². The molecule has 0 aliphatic carbocycles. The van der Waals surface area contributed by atoms with Crippen LogP contribution in [0.25, 0.3) is 11.0 Å². The third-order valence-electron chi connectivity index (χ3n) is 4.58. The van der Waals surface area contributed by atoms with Crippen molar-refractivity contribution >= 4 is 64.8 Å². The number of aliphatic hydroxyl groups is 1. The highest BCUT2D eigenvalue weighted by Crippen LogP contribution is 2.44. The maximum atomic E-state index is 9.99. The fourth-order valence-corrected chi connectivity index (χ4v) is 5.32. The van der Waals surface area contributed by atoms with Gasteiger partial charge in [-0.1, -0.05) is 0 Å². The number of rotatable bonds is 1. The van der Waals surface area contributed by atoms with Crippen LogP contribution in [0, 0.1) is 0 Å². The van der Waals surface area contributed by atoms with Crippen molar-refractivity contribution in [2.45, 2.75) is 38.3 Å². The molecule has 2 aliphatic rings. The average molecular weight is 494 g/mol. The van der Waals surface area contributed by atoms with E-state index >= 15 is 0 Å². The van der Waals surface area contributed by atoms with Gasteiger partial charge in [-0.25, -0.2) is 4.98 Å². The summed E-state index contributed by atoms with van der Waals surface area (Å²) in [5.41, 5.74) is 3.57. The smallest absolute Gasteiger partial charge is 0.206 e. The van der Waals surface area contributed by atoms with Gasteiger partial charge in [0.2, 0.25) is 5.95 Å². The molecular weight excluding hydrogens is 478 g/mol. The molecular formula is C15H16Br3N3O. The van der Waals surface area contributed by atoms with Crippen LogP contribution in [-0.4, -0.2) is 33.9 Å². The number of aryl methyl sites for hydroxylation is 2. The third-order valence-corrected chi connectivity index (χ3v) is 8.08. The van der Waals surface area contributed by atoms with Crippen LogP contribution in [0.15, 0.2) is 13.4 Å². The van der Waals surface area contributed by atoms with Gasteiger partial charge in [0.15, 0.2) is 0 Å². The molecule has 0 bridgehead atoms. The lowest BCUT2D eigenvalue weighted by Crippen LogP contribution is -2.39. The zero-order valence-corrected chi connectivity index (χ0v) is 16.7. The maximum absolute atomic E-state index is 9.99. The second-order valence-electron chi connectivity index (χ2n) is 6.03. The number of hydrogen-bond donors (Lipinski definition) is 1. The molecule has 0 saturated carbocycles. The quantitative estimate of drug-likeness (QED) is 0.604. The Balaban J connectivity index is 1.95. The Bertz CT molecular complexity index is 759. The van der Waals surface area contributed by atoms with Crippen LogP contribution >= 0.6 is 47.8 Å².